The normalized spacial score (nSPS) is 23.1. The number of likely N-dealkylation sites (tertiary alicyclic amines) is 1. The lowest BCUT2D eigenvalue weighted by Gasteiger charge is -2.40. The van der Waals surface area contributed by atoms with Crippen LogP contribution < -0.4 is 0 Å². The zero-order chi connectivity index (χ0) is 21.2. The Morgan fingerprint density at radius 3 is 2.41 bits per heavy atom. The molecular weight excluding hydrogens is 412 g/mol. The van der Waals surface area contributed by atoms with Gasteiger partial charge in [-0.05, 0) is 24.1 Å². The average Bonchev–Trinajstić information content (AvgIpc) is 2.71. The number of halogens is 4. The van der Waals surface area contributed by atoms with Crippen LogP contribution in [0, 0.1) is 11.7 Å². The van der Waals surface area contributed by atoms with E-state index >= 15 is 0 Å². The van der Waals surface area contributed by atoms with E-state index in [4.69, 9.17) is 4.74 Å². The van der Waals surface area contributed by atoms with E-state index in [9.17, 15) is 27.2 Å². The van der Waals surface area contributed by atoms with Gasteiger partial charge in [0.25, 0.3) is 0 Å². The van der Waals surface area contributed by atoms with E-state index in [0.717, 1.165) is 17.6 Å². The van der Waals surface area contributed by atoms with Gasteiger partial charge in [-0.3, -0.25) is 4.79 Å². The van der Waals surface area contributed by atoms with Gasteiger partial charge in [0.1, 0.15) is 5.82 Å². The second-order valence-electron chi connectivity index (χ2n) is 7.18. The smallest absolute Gasteiger partial charge is 0.419 e. The van der Waals surface area contributed by atoms with Crippen LogP contribution in [0.25, 0.3) is 0 Å². The summed E-state index contributed by atoms with van der Waals surface area (Å²) < 4.78 is 57.4. The number of esters is 1. The van der Waals surface area contributed by atoms with Crippen molar-refractivity contribution in [2.45, 2.75) is 18.5 Å². The summed E-state index contributed by atoms with van der Waals surface area (Å²) in [6, 6.07) is 2.57. The van der Waals surface area contributed by atoms with Gasteiger partial charge in [0.15, 0.2) is 0 Å². The molecule has 0 radical (unpaired) electrons. The summed E-state index contributed by atoms with van der Waals surface area (Å²) in [5.74, 6) is -1.28. The van der Waals surface area contributed by atoms with E-state index in [2.05, 4.69) is 0 Å². The molecule has 0 spiro atoms. The van der Waals surface area contributed by atoms with Crippen LogP contribution in [0.2, 0.25) is 0 Å². The number of amides is 2. The topological polar surface area (TPSA) is 49.9 Å². The molecule has 0 N–H and O–H groups in total. The number of hydrogen-bond donors (Lipinski definition) is 0. The first-order chi connectivity index (χ1) is 13.7. The molecule has 2 saturated heterocycles. The summed E-state index contributed by atoms with van der Waals surface area (Å²) in [5, 5.41) is 0. The molecular formula is C19H22F4N2O3S. The average molecular weight is 434 g/mol. The minimum Gasteiger partial charge on any atom is -0.469 e. The van der Waals surface area contributed by atoms with E-state index in [1.807, 2.05) is 0 Å². The highest BCUT2D eigenvalue weighted by Gasteiger charge is 2.38. The third-order valence-electron chi connectivity index (χ3n) is 5.31. The van der Waals surface area contributed by atoms with Gasteiger partial charge in [0.05, 0.1) is 18.6 Å². The predicted octanol–water partition coefficient (Wildman–Crippen LogP) is 3.59. The first-order valence-electron chi connectivity index (χ1n) is 9.26. The molecule has 2 heterocycles. The van der Waals surface area contributed by atoms with E-state index < -0.39 is 35.4 Å². The third-order valence-corrected chi connectivity index (χ3v) is 6.25. The Balaban J connectivity index is 1.84. The number of piperidine rings is 1. The van der Waals surface area contributed by atoms with Crippen LogP contribution in [0.1, 0.15) is 23.5 Å². The fraction of sp³-hybridized carbons (Fsp3) is 0.579. The highest BCUT2D eigenvalue weighted by atomic mass is 32.2. The monoisotopic (exact) mass is 434 g/mol. The highest BCUT2D eigenvalue weighted by molar-refractivity contribution is 7.99. The Labute approximate surface area is 170 Å². The van der Waals surface area contributed by atoms with Crippen molar-refractivity contribution >= 4 is 23.8 Å². The SMILES string of the molecule is COC(=O)C1CC(c2ccc(C(F)(F)F)c(F)c2)CN(C(=O)N2CCSCC2)C1. The number of urea groups is 1. The van der Waals surface area contributed by atoms with Crippen molar-refractivity contribution in [2.24, 2.45) is 5.92 Å². The number of rotatable bonds is 2. The zero-order valence-electron chi connectivity index (χ0n) is 15.9. The van der Waals surface area contributed by atoms with Gasteiger partial charge in [-0.1, -0.05) is 6.07 Å². The summed E-state index contributed by atoms with van der Waals surface area (Å²) in [4.78, 5) is 28.3. The number of alkyl halides is 3. The molecule has 3 rings (SSSR count). The van der Waals surface area contributed by atoms with Crippen LogP contribution in [-0.2, 0) is 15.7 Å². The van der Waals surface area contributed by atoms with Crippen LogP contribution >= 0.6 is 11.8 Å². The van der Waals surface area contributed by atoms with Crippen molar-refractivity contribution in [1.29, 1.82) is 0 Å². The Bertz CT molecular complexity index is 768. The van der Waals surface area contributed by atoms with E-state index in [1.54, 1.807) is 16.7 Å². The third kappa shape index (κ3) is 4.96. The van der Waals surface area contributed by atoms with Gasteiger partial charge < -0.3 is 14.5 Å². The minimum atomic E-state index is -4.78. The van der Waals surface area contributed by atoms with Crippen molar-refractivity contribution in [1.82, 2.24) is 9.80 Å². The molecule has 1 aromatic rings. The maximum atomic E-state index is 14.1. The van der Waals surface area contributed by atoms with Gasteiger partial charge in [0, 0.05) is 43.6 Å². The number of hydrogen-bond acceptors (Lipinski definition) is 4. The number of thioether (sulfide) groups is 1. The van der Waals surface area contributed by atoms with Crippen molar-refractivity contribution in [3.8, 4) is 0 Å². The van der Waals surface area contributed by atoms with Gasteiger partial charge in [-0.25, -0.2) is 9.18 Å². The van der Waals surface area contributed by atoms with E-state index in [-0.39, 0.29) is 25.5 Å². The standard InChI is InChI=1S/C19H22F4N2O3S/c1-28-17(26)14-8-13(12-2-3-15(16(20)9-12)19(21,22)23)10-25(11-14)18(27)24-4-6-29-7-5-24/h2-3,9,13-14H,4-8,10-11H2,1H3. The number of carbonyl (C=O) groups is 2. The summed E-state index contributed by atoms with van der Waals surface area (Å²) >= 11 is 1.75. The fourth-order valence-corrected chi connectivity index (χ4v) is 4.71. The molecule has 2 aliphatic rings. The molecule has 2 fully saturated rings. The molecule has 0 aromatic heterocycles. The lowest BCUT2D eigenvalue weighted by atomic mass is 9.84. The molecule has 2 unspecified atom stereocenters. The van der Waals surface area contributed by atoms with Crippen LogP contribution in [0.3, 0.4) is 0 Å². The first kappa shape index (κ1) is 21.7. The van der Waals surface area contributed by atoms with Crippen LogP contribution in [0.5, 0.6) is 0 Å². The first-order valence-corrected chi connectivity index (χ1v) is 10.4. The van der Waals surface area contributed by atoms with Crippen molar-refractivity contribution in [2.75, 3.05) is 44.8 Å². The molecule has 0 aliphatic carbocycles. The van der Waals surface area contributed by atoms with Gasteiger partial charge in [0.2, 0.25) is 0 Å². The quantitative estimate of drug-likeness (QED) is 0.527. The minimum absolute atomic E-state index is 0.175. The molecule has 2 aliphatic heterocycles. The summed E-state index contributed by atoms with van der Waals surface area (Å²) in [7, 11) is 1.25. The molecule has 2 amide bonds. The lowest BCUT2D eigenvalue weighted by Crippen LogP contribution is -2.52. The van der Waals surface area contributed by atoms with Crippen molar-refractivity contribution < 1.29 is 31.9 Å². The number of benzene rings is 1. The predicted molar refractivity (Wildman–Crippen MR) is 100 cm³/mol. The molecule has 2 atom stereocenters. The molecule has 29 heavy (non-hydrogen) atoms. The van der Waals surface area contributed by atoms with Crippen molar-refractivity contribution in [3.05, 3.63) is 35.1 Å². The number of methoxy groups -OCH3 is 1. The summed E-state index contributed by atoms with van der Waals surface area (Å²) in [5.41, 5.74) is -1.00. The fourth-order valence-electron chi connectivity index (χ4n) is 3.80. The number of ether oxygens (including phenoxy) is 1. The van der Waals surface area contributed by atoms with Crippen LogP contribution in [-0.4, -0.2) is 66.6 Å². The second-order valence-corrected chi connectivity index (χ2v) is 8.40. The molecule has 0 saturated carbocycles. The second kappa shape index (κ2) is 8.81. The Morgan fingerprint density at radius 2 is 1.83 bits per heavy atom. The maximum Gasteiger partial charge on any atom is 0.419 e. The van der Waals surface area contributed by atoms with E-state index in [0.29, 0.717) is 24.7 Å². The molecule has 10 heteroatoms. The van der Waals surface area contributed by atoms with Crippen molar-refractivity contribution in [3.63, 3.8) is 0 Å². The highest BCUT2D eigenvalue weighted by Crippen LogP contribution is 2.36. The molecule has 160 valence electrons. The summed E-state index contributed by atoms with van der Waals surface area (Å²) in [6.45, 7) is 1.58. The van der Waals surface area contributed by atoms with Gasteiger partial charge in [-0.15, -0.1) is 0 Å². The molecule has 0 bridgehead atoms. The van der Waals surface area contributed by atoms with Crippen LogP contribution in [0.4, 0.5) is 22.4 Å². The van der Waals surface area contributed by atoms with E-state index in [1.165, 1.54) is 18.1 Å². The van der Waals surface area contributed by atoms with Gasteiger partial charge in [-0.2, -0.15) is 24.9 Å². The lowest BCUT2D eigenvalue weighted by molar-refractivity contribution is -0.147. The number of carbonyl (C=O) groups excluding carboxylic acids is 2. The number of nitrogens with zero attached hydrogens (tertiary/aromatic N) is 2. The molecule has 5 nitrogen and oxygen atoms in total. The molecule has 1 aromatic carbocycles. The van der Waals surface area contributed by atoms with Gasteiger partial charge >= 0.3 is 18.2 Å². The maximum absolute atomic E-state index is 14.1. The zero-order valence-corrected chi connectivity index (χ0v) is 16.7. The summed E-state index contributed by atoms with van der Waals surface area (Å²) in [6.07, 6.45) is -4.50. The Kier molecular flexibility index (Phi) is 6.60. The Morgan fingerprint density at radius 1 is 1.14 bits per heavy atom. The van der Waals surface area contributed by atoms with Crippen LogP contribution in [0.15, 0.2) is 18.2 Å². The largest absolute Gasteiger partial charge is 0.469 e. The Hall–Kier alpha value is -1.97.